The Kier molecular flexibility index (Phi) is 6.34. The Hall–Kier alpha value is -1.18. The number of urea groups is 1. The van der Waals surface area contributed by atoms with Crippen molar-refractivity contribution in [3.8, 4) is 0 Å². The normalized spacial score (nSPS) is 16.1. The molecule has 0 atom stereocenters. The molecule has 22 heavy (non-hydrogen) atoms. The molecule has 1 fully saturated rings. The summed E-state index contributed by atoms with van der Waals surface area (Å²) in [5.41, 5.74) is 4.83. The highest BCUT2D eigenvalue weighted by Crippen LogP contribution is 2.33. The molecule has 3 N–H and O–H groups in total. The number of carbonyl (C=O) groups is 1. The monoisotopic (exact) mass is 357 g/mol. The van der Waals surface area contributed by atoms with Crippen molar-refractivity contribution in [2.24, 2.45) is 5.73 Å². The lowest BCUT2D eigenvalue weighted by molar-refractivity contribution is -0.137. The van der Waals surface area contributed by atoms with Gasteiger partial charge in [-0.05, 0) is 31.0 Å². The van der Waals surface area contributed by atoms with Crippen LogP contribution < -0.4 is 11.1 Å². The second-order valence-corrected chi connectivity index (χ2v) is 5.35. The van der Waals surface area contributed by atoms with Gasteiger partial charge in [0.15, 0.2) is 0 Å². The zero-order valence-electron chi connectivity index (χ0n) is 11.5. The number of rotatable bonds is 1. The fourth-order valence-electron chi connectivity index (χ4n) is 2.09. The van der Waals surface area contributed by atoms with Crippen LogP contribution in [0, 0.1) is 0 Å². The summed E-state index contributed by atoms with van der Waals surface area (Å²) in [6.45, 7) is 0.952. The number of benzene rings is 1. The van der Waals surface area contributed by atoms with Crippen molar-refractivity contribution in [2.75, 3.05) is 18.4 Å². The fraction of sp³-hybridized carbons (Fsp3) is 0.462. The Bertz CT molecular complexity index is 532. The van der Waals surface area contributed by atoms with E-state index in [0.29, 0.717) is 25.9 Å². The first-order chi connectivity index (χ1) is 9.77. The predicted octanol–water partition coefficient (Wildman–Crippen LogP) is 3.74. The summed E-state index contributed by atoms with van der Waals surface area (Å²) < 4.78 is 38.0. The van der Waals surface area contributed by atoms with Crippen LogP contribution in [0.15, 0.2) is 18.2 Å². The van der Waals surface area contributed by atoms with Gasteiger partial charge in [-0.3, -0.25) is 0 Å². The van der Waals surface area contributed by atoms with Gasteiger partial charge in [-0.25, -0.2) is 4.79 Å². The zero-order chi connectivity index (χ0) is 15.6. The number of nitrogens with zero attached hydrogens (tertiary/aromatic N) is 1. The Morgan fingerprint density at radius 1 is 1.32 bits per heavy atom. The van der Waals surface area contributed by atoms with E-state index in [1.807, 2.05) is 0 Å². The summed E-state index contributed by atoms with van der Waals surface area (Å²) in [6, 6.07) is 2.41. The Morgan fingerprint density at radius 3 is 2.45 bits per heavy atom. The maximum atomic E-state index is 12.7. The van der Waals surface area contributed by atoms with Crippen molar-refractivity contribution in [1.29, 1.82) is 0 Å². The Balaban J connectivity index is 0.00000242. The third-order valence-electron chi connectivity index (χ3n) is 3.36. The first kappa shape index (κ1) is 18.9. The van der Waals surface area contributed by atoms with Gasteiger partial charge in [0.05, 0.1) is 16.3 Å². The van der Waals surface area contributed by atoms with Crippen molar-refractivity contribution in [2.45, 2.75) is 25.1 Å². The highest BCUT2D eigenvalue weighted by atomic mass is 35.5. The maximum absolute atomic E-state index is 12.7. The summed E-state index contributed by atoms with van der Waals surface area (Å²) in [5, 5.41) is 2.48. The van der Waals surface area contributed by atoms with Crippen LogP contribution in [0.2, 0.25) is 5.02 Å². The van der Waals surface area contributed by atoms with Gasteiger partial charge >= 0.3 is 12.2 Å². The van der Waals surface area contributed by atoms with E-state index in [-0.39, 0.29) is 29.2 Å². The van der Waals surface area contributed by atoms with E-state index in [2.05, 4.69) is 5.32 Å². The van der Waals surface area contributed by atoms with E-state index in [1.54, 1.807) is 0 Å². The van der Waals surface area contributed by atoms with Gasteiger partial charge in [0.2, 0.25) is 0 Å². The average Bonchev–Trinajstić information content (AvgIpc) is 2.40. The number of hydrogen-bond donors (Lipinski definition) is 2. The summed E-state index contributed by atoms with van der Waals surface area (Å²) in [5.74, 6) is 0. The van der Waals surface area contributed by atoms with E-state index in [1.165, 1.54) is 4.90 Å². The molecule has 0 aromatic heterocycles. The molecule has 4 nitrogen and oxygen atoms in total. The van der Waals surface area contributed by atoms with Crippen molar-refractivity contribution in [3.63, 3.8) is 0 Å². The van der Waals surface area contributed by atoms with Crippen LogP contribution in [0.1, 0.15) is 18.4 Å². The zero-order valence-corrected chi connectivity index (χ0v) is 13.1. The number of likely N-dealkylation sites (tertiary alicyclic amines) is 1. The summed E-state index contributed by atoms with van der Waals surface area (Å²) >= 11 is 5.83. The molecule has 0 saturated carbocycles. The fourth-order valence-corrected chi connectivity index (χ4v) is 2.26. The first-order valence-electron chi connectivity index (χ1n) is 6.45. The third-order valence-corrected chi connectivity index (χ3v) is 3.69. The molecule has 1 aromatic carbocycles. The number of anilines is 1. The molecule has 1 aromatic rings. The number of nitrogens with one attached hydrogen (secondary N) is 1. The minimum Gasteiger partial charge on any atom is -0.328 e. The Morgan fingerprint density at radius 2 is 1.91 bits per heavy atom. The number of hydrogen-bond acceptors (Lipinski definition) is 2. The van der Waals surface area contributed by atoms with Crippen LogP contribution in [0.3, 0.4) is 0 Å². The summed E-state index contributed by atoms with van der Waals surface area (Å²) in [4.78, 5) is 13.5. The molecule has 1 saturated heterocycles. The molecule has 1 aliphatic heterocycles. The summed E-state index contributed by atoms with van der Waals surface area (Å²) in [7, 11) is 0. The van der Waals surface area contributed by atoms with E-state index in [0.717, 1.165) is 18.2 Å². The quantitative estimate of drug-likeness (QED) is 0.804. The molecule has 2 rings (SSSR count). The molecule has 0 unspecified atom stereocenters. The van der Waals surface area contributed by atoms with Crippen molar-refractivity contribution in [3.05, 3.63) is 28.8 Å². The minimum atomic E-state index is -4.48. The molecular weight excluding hydrogens is 342 g/mol. The molecular formula is C13H16Cl2F3N3O. The highest BCUT2D eigenvalue weighted by molar-refractivity contribution is 6.33. The van der Waals surface area contributed by atoms with Gasteiger partial charge in [0, 0.05) is 19.1 Å². The van der Waals surface area contributed by atoms with Crippen LogP contribution >= 0.6 is 24.0 Å². The van der Waals surface area contributed by atoms with Crippen molar-refractivity contribution >= 4 is 35.7 Å². The van der Waals surface area contributed by atoms with Crippen molar-refractivity contribution in [1.82, 2.24) is 4.90 Å². The Labute approximate surface area is 137 Å². The molecule has 1 heterocycles. The van der Waals surface area contributed by atoms with Gasteiger partial charge in [-0.15, -0.1) is 12.4 Å². The predicted molar refractivity (Wildman–Crippen MR) is 81.5 cm³/mol. The molecule has 0 bridgehead atoms. The number of amides is 2. The molecule has 0 aliphatic carbocycles. The lowest BCUT2D eigenvalue weighted by Crippen LogP contribution is -2.44. The highest BCUT2D eigenvalue weighted by Gasteiger charge is 2.31. The van der Waals surface area contributed by atoms with Crippen LogP contribution in [0.4, 0.5) is 23.7 Å². The number of nitrogens with two attached hydrogens (primary N) is 1. The topological polar surface area (TPSA) is 58.4 Å². The lowest BCUT2D eigenvalue weighted by atomic mass is 10.1. The van der Waals surface area contributed by atoms with E-state index >= 15 is 0 Å². The van der Waals surface area contributed by atoms with Crippen molar-refractivity contribution < 1.29 is 18.0 Å². The van der Waals surface area contributed by atoms with Gasteiger partial charge in [0.1, 0.15) is 0 Å². The largest absolute Gasteiger partial charge is 0.416 e. The van der Waals surface area contributed by atoms with Gasteiger partial charge < -0.3 is 16.0 Å². The molecule has 1 aliphatic rings. The first-order valence-corrected chi connectivity index (χ1v) is 6.83. The standard InChI is InChI=1S/C13H15ClF3N3O.ClH/c14-10-2-1-8(13(15,16)17)7-11(10)19-12(21)20-5-3-9(18)4-6-20;/h1-2,7,9H,3-6,18H2,(H,19,21);1H. The molecule has 124 valence electrons. The molecule has 9 heteroatoms. The average molecular weight is 358 g/mol. The van der Waals surface area contributed by atoms with E-state index < -0.39 is 17.8 Å². The lowest BCUT2D eigenvalue weighted by Gasteiger charge is -2.30. The van der Waals surface area contributed by atoms with Crippen LogP contribution in [-0.4, -0.2) is 30.1 Å². The number of piperidine rings is 1. The molecule has 0 spiro atoms. The van der Waals surface area contributed by atoms with Gasteiger partial charge in [-0.2, -0.15) is 13.2 Å². The van der Waals surface area contributed by atoms with E-state index in [4.69, 9.17) is 17.3 Å². The SMILES string of the molecule is Cl.NC1CCN(C(=O)Nc2cc(C(F)(F)F)ccc2Cl)CC1. The van der Waals surface area contributed by atoms with Crippen LogP contribution in [-0.2, 0) is 6.18 Å². The number of halogens is 5. The van der Waals surface area contributed by atoms with Crippen LogP contribution in [0.25, 0.3) is 0 Å². The number of alkyl halides is 3. The summed E-state index contributed by atoms with van der Waals surface area (Å²) in [6.07, 6.45) is -3.14. The second-order valence-electron chi connectivity index (χ2n) is 4.95. The van der Waals surface area contributed by atoms with E-state index in [9.17, 15) is 18.0 Å². The smallest absolute Gasteiger partial charge is 0.328 e. The second kappa shape index (κ2) is 7.39. The van der Waals surface area contributed by atoms with Gasteiger partial charge in [0.25, 0.3) is 0 Å². The maximum Gasteiger partial charge on any atom is 0.416 e. The third kappa shape index (κ3) is 4.66. The molecule has 0 radical (unpaired) electrons. The minimum absolute atomic E-state index is 0. The van der Waals surface area contributed by atoms with Crippen LogP contribution in [0.5, 0.6) is 0 Å². The van der Waals surface area contributed by atoms with Gasteiger partial charge in [-0.1, -0.05) is 11.6 Å². The number of carbonyl (C=O) groups excluding carboxylic acids is 1. The molecule has 2 amide bonds.